The molecule has 2 bridgehead atoms. The van der Waals surface area contributed by atoms with Gasteiger partial charge in [-0.2, -0.15) is 18.2 Å². The number of aromatic nitrogens is 4. The van der Waals surface area contributed by atoms with Crippen LogP contribution in [0.1, 0.15) is 35.6 Å². The first kappa shape index (κ1) is 29.9. The van der Waals surface area contributed by atoms with E-state index >= 15 is 0 Å². The van der Waals surface area contributed by atoms with E-state index in [0.29, 0.717) is 29.6 Å². The van der Waals surface area contributed by atoms with Crippen LogP contribution in [0.3, 0.4) is 0 Å². The molecule has 0 aliphatic carbocycles. The van der Waals surface area contributed by atoms with E-state index in [-0.39, 0.29) is 48.4 Å². The van der Waals surface area contributed by atoms with Crippen LogP contribution in [0, 0.1) is 0 Å². The van der Waals surface area contributed by atoms with Gasteiger partial charge in [-0.1, -0.05) is 11.2 Å². The van der Waals surface area contributed by atoms with Crippen molar-refractivity contribution in [3.63, 3.8) is 0 Å². The molecule has 2 unspecified atom stereocenters. The molecule has 3 aromatic heterocycles. The van der Waals surface area contributed by atoms with Crippen LogP contribution in [-0.4, -0.2) is 94.3 Å². The number of morpholine rings is 1. The average molecular weight is 649 g/mol. The SMILES string of the molecule is CN1CC[C@@H](Nc2cccc3c2cc(-c2noc(CNC(=O)c4csc(N5CC6CCC(C5)O6)n4)n2)n3CC(F)(F)F)[C@@H](F)C1. The number of anilines is 2. The normalized spacial score (nSPS) is 24.0. The molecule has 3 aliphatic rings. The van der Waals surface area contributed by atoms with Crippen molar-refractivity contribution in [3.8, 4) is 11.5 Å². The fourth-order valence-electron chi connectivity index (χ4n) is 6.33. The largest absolute Gasteiger partial charge is 0.406 e. The van der Waals surface area contributed by atoms with Gasteiger partial charge in [0.25, 0.3) is 5.91 Å². The van der Waals surface area contributed by atoms with Crippen LogP contribution in [-0.2, 0) is 17.8 Å². The van der Waals surface area contributed by atoms with Crippen molar-refractivity contribution in [2.75, 3.05) is 43.4 Å². The number of amides is 1. The van der Waals surface area contributed by atoms with Crippen molar-refractivity contribution in [1.29, 1.82) is 0 Å². The van der Waals surface area contributed by atoms with Gasteiger partial charge in [-0.05, 0) is 44.5 Å². The molecular formula is C29H32F4N8O3S. The predicted molar refractivity (Wildman–Crippen MR) is 159 cm³/mol. The van der Waals surface area contributed by atoms with Gasteiger partial charge in [0.2, 0.25) is 11.7 Å². The van der Waals surface area contributed by atoms with Crippen molar-refractivity contribution in [3.05, 3.63) is 41.2 Å². The molecule has 240 valence electrons. The predicted octanol–water partition coefficient (Wildman–Crippen LogP) is 4.46. The lowest BCUT2D eigenvalue weighted by atomic mass is 10.0. The first-order valence-electron chi connectivity index (χ1n) is 14.8. The fraction of sp³-hybridized carbons (Fsp3) is 0.517. The summed E-state index contributed by atoms with van der Waals surface area (Å²) in [6, 6.07) is 6.00. The van der Waals surface area contributed by atoms with Gasteiger partial charge in [0, 0.05) is 42.6 Å². The molecule has 0 saturated carbocycles. The van der Waals surface area contributed by atoms with Crippen LogP contribution < -0.4 is 15.5 Å². The number of nitrogens with zero attached hydrogens (tertiary/aromatic N) is 6. The summed E-state index contributed by atoms with van der Waals surface area (Å²) in [5.41, 5.74) is 1.15. The minimum Gasteiger partial charge on any atom is -0.379 e. The van der Waals surface area contributed by atoms with Crippen LogP contribution in [0.2, 0.25) is 0 Å². The number of alkyl halides is 4. The summed E-state index contributed by atoms with van der Waals surface area (Å²) in [5.74, 6) is -0.478. The Hall–Kier alpha value is -3.76. The highest BCUT2D eigenvalue weighted by atomic mass is 32.1. The van der Waals surface area contributed by atoms with Crippen LogP contribution in [0.25, 0.3) is 22.4 Å². The van der Waals surface area contributed by atoms with Crippen LogP contribution in [0.5, 0.6) is 0 Å². The maximum Gasteiger partial charge on any atom is 0.406 e. The number of hydrogen-bond donors (Lipinski definition) is 2. The Labute approximate surface area is 259 Å². The number of likely N-dealkylation sites (tertiary alicyclic amines) is 1. The molecule has 11 nitrogen and oxygen atoms in total. The molecule has 1 aromatic carbocycles. The highest BCUT2D eigenvalue weighted by molar-refractivity contribution is 7.13. The zero-order valence-electron chi connectivity index (χ0n) is 24.4. The topological polar surface area (TPSA) is 114 Å². The molecule has 2 N–H and O–H groups in total. The number of nitrogens with one attached hydrogen (secondary N) is 2. The lowest BCUT2D eigenvalue weighted by Crippen LogP contribution is -2.46. The van der Waals surface area contributed by atoms with Crippen molar-refractivity contribution in [2.24, 2.45) is 0 Å². The first-order chi connectivity index (χ1) is 21.6. The number of thiazole rings is 1. The van der Waals surface area contributed by atoms with Crippen LogP contribution >= 0.6 is 11.3 Å². The van der Waals surface area contributed by atoms with Gasteiger partial charge in [-0.3, -0.25) is 4.79 Å². The summed E-state index contributed by atoms with van der Waals surface area (Å²) in [6.07, 6.45) is -2.67. The van der Waals surface area contributed by atoms with Gasteiger partial charge in [0.15, 0.2) is 5.13 Å². The molecule has 45 heavy (non-hydrogen) atoms. The Balaban J connectivity index is 1.08. The Morgan fingerprint density at radius 1 is 1.13 bits per heavy atom. The van der Waals surface area contributed by atoms with Crippen molar-refractivity contribution in [1.82, 2.24) is 29.9 Å². The van der Waals surface area contributed by atoms with Gasteiger partial charge in [0.1, 0.15) is 18.4 Å². The molecule has 4 atom stereocenters. The Morgan fingerprint density at radius 3 is 2.69 bits per heavy atom. The van der Waals surface area contributed by atoms with Crippen molar-refractivity contribution >= 4 is 39.0 Å². The Morgan fingerprint density at radius 2 is 1.93 bits per heavy atom. The third kappa shape index (κ3) is 6.35. The molecule has 1 amide bonds. The molecule has 0 radical (unpaired) electrons. The number of benzene rings is 1. The number of carbonyl (C=O) groups excluding carboxylic acids is 1. The standard InChI is InChI=1S/C29H32F4N8O3S/c1-39-8-7-21(19(30)13-39)35-20-3-2-4-23-18(20)9-24(41(23)15-29(31,32)33)26-37-25(44-38-26)10-34-27(42)22-14-45-28(36-22)40-11-16-5-6-17(12-40)43-16/h2-4,9,14,16-17,19,21,35H,5-8,10-13,15H2,1H3,(H,34,42)/t16?,17?,19-,21+/m0/s1. The molecule has 6 heterocycles. The number of halogens is 4. The highest BCUT2D eigenvalue weighted by Gasteiger charge is 2.35. The molecule has 4 aromatic rings. The maximum atomic E-state index is 14.8. The first-order valence-corrected chi connectivity index (χ1v) is 15.7. The number of hydrogen-bond acceptors (Lipinski definition) is 10. The second kappa shape index (κ2) is 11.9. The van der Waals surface area contributed by atoms with Crippen LogP contribution in [0.15, 0.2) is 34.2 Å². The van der Waals surface area contributed by atoms with Crippen molar-refractivity contribution < 1.29 is 31.6 Å². The van der Waals surface area contributed by atoms with E-state index in [0.717, 1.165) is 35.6 Å². The Bertz CT molecular complexity index is 1680. The molecular weight excluding hydrogens is 616 g/mol. The fourth-order valence-corrected chi connectivity index (χ4v) is 7.15. The van der Waals surface area contributed by atoms with Gasteiger partial charge in [0.05, 0.1) is 36.0 Å². The zero-order chi connectivity index (χ0) is 31.3. The van der Waals surface area contributed by atoms with Gasteiger partial charge >= 0.3 is 6.18 Å². The van der Waals surface area contributed by atoms with E-state index in [4.69, 9.17) is 9.26 Å². The summed E-state index contributed by atoms with van der Waals surface area (Å²) in [6.45, 7) is 1.04. The van der Waals surface area contributed by atoms with E-state index in [1.165, 1.54) is 11.3 Å². The summed E-state index contributed by atoms with van der Waals surface area (Å²) in [7, 11) is 1.85. The monoisotopic (exact) mass is 648 g/mol. The summed E-state index contributed by atoms with van der Waals surface area (Å²) >= 11 is 1.38. The van der Waals surface area contributed by atoms with E-state index in [2.05, 4.69) is 30.7 Å². The number of piperidine rings is 1. The number of fused-ring (bicyclic) bond motifs is 3. The highest BCUT2D eigenvalue weighted by Crippen LogP contribution is 2.35. The minimum atomic E-state index is -4.53. The second-order valence-corrected chi connectivity index (χ2v) is 12.7. The second-order valence-electron chi connectivity index (χ2n) is 11.9. The van der Waals surface area contributed by atoms with E-state index in [1.807, 2.05) is 11.9 Å². The van der Waals surface area contributed by atoms with Crippen molar-refractivity contribution in [2.45, 2.75) is 62.9 Å². The lowest BCUT2D eigenvalue weighted by Gasteiger charge is -2.33. The van der Waals surface area contributed by atoms with Gasteiger partial charge < -0.3 is 34.3 Å². The molecule has 7 rings (SSSR count). The summed E-state index contributed by atoms with van der Waals surface area (Å²) in [5, 5.41) is 12.8. The average Bonchev–Trinajstić information content (AvgIpc) is 3.80. The van der Waals surface area contributed by atoms with E-state index in [1.54, 1.807) is 29.6 Å². The quantitative estimate of drug-likeness (QED) is 0.268. The smallest absolute Gasteiger partial charge is 0.379 e. The third-order valence-corrected chi connectivity index (χ3v) is 9.41. The zero-order valence-corrected chi connectivity index (χ0v) is 25.2. The number of rotatable bonds is 8. The Kier molecular flexibility index (Phi) is 7.90. The molecule has 3 fully saturated rings. The molecule has 3 saturated heterocycles. The van der Waals surface area contributed by atoms with Crippen LogP contribution in [0.4, 0.5) is 28.4 Å². The molecule has 0 spiro atoms. The summed E-state index contributed by atoms with van der Waals surface area (Å²) < 4.78 is 68.2. The van der Waals surface area contributed by atoms with E-state index < -0.39 is 30.8 Å². The third-order valence-electron chi connectivity index (χ3n) is 8.50. The number of carbonyl (C=O) groups is 1. The maximum absolute atomic E-state index is 14.8. The lowest BCUT2D eigenvalue weighted by molar-refractivity contribution is -0.139. The number of ether oxygens (including phenoxy) is 1. The van der Waals surface area contributed by atoms with Gasteiger partial charge in [-0.25, -0.2) is 9.37 Å². The van der Waals surface area contributed by atoms with Gasteiger partial charge in [-0.15, -0.1) is 11.3 Å². The minimum absolute atomic E-state index is 0.0207. The molecule has 16 heteroatoms. The summed E-state index contributed by atoms with van der Waals surface area (Å²) in [4.78, 5) is 25.7. The molecule has 3 aliphatic heterocycles. The van der Waals surface area contributed by atoms with E-state index in [9.17, 15) is 22.4 Å².